The molecule has 2 rings (SSSR count). The van der Waals surface area contributed by atoms with Gasteiger partial charge in [0, 0.05) is 12.7 Å². The monoisotopic (exact) mass is 257 g/mol. The van der Waals surface area contributed by atoms with Gasteiger partial charge in [-0.3, -0.25) is 9.48 Å². The first-order valence-corrected chi connectivity index (χ1v) is 5.49. The van der Waals surface area contributed by atoms with Crippen LogP contribution in [0, 0.1) is 5.92 Å². The number of carbonyl (C=O) groups is 1. The topological polar surface area (TPSA) is 60.9 Å². The lowest BCUT2D eigenvalue weighted by molar-refractivity contribution is 0.0993. The highest BCUT2D eigenvalue weighted by Gasteiger charge is 2.19. The zero-order valence-electron chi connectivity index (χ0n) is 7.74. The van der Waals surface area contributed by atoms with Gasteiger partial charge in [-0.05, 0) is 34.7 Å². The van der Waals surface area contributed by atoms with Crippen molar-refractivity contribution < 1.29 is 4.79 Å². The van der Waals surface area contributed by atoms with Crippen molar-refractivity contribution in [3.05, 3.63) is 16.4 Å². The Morgan fingerprint density at radius 1 is 1.71 bits per heavy atom. The SMILES string of the molecule is NC(=O)c1nn(CC2CCC2)cc1Br. The number of hydrogen-bond acceptors (Lipinski definition) is 2. The van der Waals surface area contributed by atoms with Crippen molar-refractivity contribution in [3.63, 3.8) is 0 Å². The molecule has 1 aliphatic rings. The van der Waals surface area contributed by atoms with Crippen LogP contribution in [0.1, 0.15) is 29.8 Å². The van der Waals surface area contributed by atoms with Crippen LogP contribution in [-0.4, -0.2) is 15.7 Å². The largest absolute Gasteiger partial charge is 0.364 e. The summed E-state index contributed by atoms with van der Waals surface area (Å²) in [4.78, 5) is 10.9. The molecule has 0 spiro atoms. The molecule has 14 heavy (non-hydrogen) atoms. The zero-order valence-corrected chi connectivity index (χ0v) is 9.33. The summed E-state index contributed by atoms with van der Waals surface area (Å²) in [5.41, 5.74) is 5.48. The lowest BCUT2D eigenvalue weighted by Gasteiger charge is -2.24. The zero-order chi connectivity index (χ0) is 10.1. The van der Waals surface area contributed by atoms with E-state index in [1.807, 2.05) is 6.20 Å². The maximum atomic E-state index is 10.9. The summed E-state index contributed by atoms with van der Waals surface area (Å²) in [6, 6.07) is 0. The highest BCUT2D eigenvalue weighted by Crippen LogP contribution is 2.28. The van der Waals surface area contributed by atoms with Crippen LogP contribution >= 0.6 is 15.9 Å². The van der Waals surface area contributed by atoms with E-state index in [-0.39, 0.29) is 0 Å². The molecule has 76 valence electrons. The van der Waals surface area contributed by atoms with E-state index in [1.54, 1.807) is 4.68 Å². The molecule has 4 nitrogen and oxygen atoms in total. The van der Waals surface area contributed by atoms with Crippen molar-refractivity contribution in [2.75, 3.05) is 0 Å². The van der Waals surface area contributed by atoms with E-state index < -0.39 is 5.91 Å². The molecule has 0 saturated heterocycles. The van der Waals surface area contributed by atoms with Gasteiger partial charge < -0.3 is 5.73 Å². The van der Waals surface area contributed by atoms with Crippen LogP contribution in [0.2, 0.25) is 0 Å². The van der Waals surface area contributed by atoms with Crippen LogP contribution in [0.25, 0.3) is 0 Å². The molecule has 0 aliphatic heterocycles. The first kappa shape index (κ1) is 9.71. The molecule has 1 amide bonds. The molecule has 1 saturated carbocycles. The van der Waals surface area contributed by atoms with Crippen molar-refractivity contribution in [1.82, 2.24) is 9.78 Å². The molecule has 1 aromatic rings. The number of rotatable bonds is 3. The minimum Gasteiger partial charge on any atom is -0.364 e. The number of nitrogens with two attached hydrogens (primary N) is 1. The predicted octanol–water partition coefficient (Wildman–Crippen LogP) is 1.54. The highest BCUT2D eigenvalue weighted by molar-refractivity contribution is 9.10. The van der Waals surface area contributed by atoms with Gasteiger partial charge in [-0.15, -0.1) is 0 Å². The van der Waals surface area contributed by atoms with E-state index >= 15 is 0 Å². The second kappa shape index (κ2) is 3.73. The van der Waals surface area contributed by atoms with Gasteiger partial charge in [0.2, 0.25) is 0 Å². The molecule has 0 atom stereocenters. The number of halogens is 1. The van der Waals surface area contributed by atoms with Crippen molar-refractivity contribution in [3.8, 4) is 0 Å². The summed E-state index contributed by atoms with van der Waals surface area (Å²) >= 11 is 3.26. The van der Waals surface area contributed by atoms with Crippen LogP contribution < -0.4 is 5.73 Å². The third-order valence-corrected chi connectivity index (χ3v) is 3.20. The molecule has 1 aromatic heterocycles. The van der Waals surface area contributed by atoms with Crippen molar-refractivity contribution in [2.45, 2.75) is 25.8 Å². The molecule has 5 heteroatoms. The smallest absolute Gasteiger partial charge is 0.270 e. The molecule has 1 fully saturated rings. The molecule has 0 bridgehead atoms. The van der Waals surface area contributed by atoms with Crippen molar-refractivity contribution >= 4 is 21.8 Å². The highest BCUT2D eigenvalue weighted by atomic mass is 79.9. The summed E-state index contributed by atoms with van der Waals surface area (Å²) in [6.45, 7) is 0.895. The van der Waals surface area contributed by atoms with E-state index in [0.29, 0.717) is 10.2 Å². The quantitative estimate of drug-likeness (QED) is 0.893. The fourth-order valence-electron chi connectivity index (χ4n) is 1.60. The Hall–Kier alpha value is -0.840. The number of hydrogen-bond donors (Lipinski definition) is 1. The molecule has 0 radical (unpaired) electrons. The van der Waals surface area contributed by atoms with Gasteiger partial charge in [-0.25, -0.2) is 0 Å². The molecule has 0 unspecified atom stereocenters. The van der Waals surface area contributed by atoms with E-state index in [0.717, 1.165) is 12.5 Å². The predicted molar refractivity (Wildman–Crippen MR) is 55.8 cm³/mol. The summed E-state index contributed by atoms with van der Waals surface area (Å²) in [6.07, 6.45) is 5.67. The normalized spacial score (nSPS) is 16.6. The van der Waals surface area contributed by atoms with Crippen LogP contribution in [0.15, 0.2) is 10.7 Å². The average molecular weight is 258 g/mol. The average Bonchev–Trinajstić information content (AvgIpc) is 2.39. The van der Waals surface area contributed by atoms with Crippen molar-refractivity contribution in [2.24, 2.45) is 11.7 Å². The maximum absolute atomic E-state index is 10.9. The van der Waals surface area contributed by atoms with Crippen molar-refractivity contribution in [1.29, 1.82) is 0 Å². The second-order valence-corrected chi connectivity index (χ2v) is 4.56. The van der Waals surface area contributed by atoms with Crippen LogP contribution in [0.4, 0.5) is 0 Å². The molecule has 1 heterocycles. The summed E-state index contributed by atoms with van der Waals surface area (Å²) in [5.74, 6) is 0.242. The van der Waals surface area contributed by atoms with Gasteiger partial charge in [-0.1, -0.05) is 6.42 Å². The summed E-state index contributed by atoms with van der Waals surface area (Å²) in [7, 11) is 0. The standard InChI is InChI=1S/C9H12BrN3O/c10-7-5-13(4-6-2-1-3-6)12-8(7)9(11)14/h5-6H,1-4H2,(H2,11,14). The second-order valence-electron chi connectivity index (χ2n) is 3.71. The maximum Gasteiger partial charge on any atom is 0.270 e. The third kappa shape index (κ3) is 1.82. The van der Waals surface area contributed by atoms with Crippen LogP contribution in [0.5, 0.6) is 0 Å². The summed E-state index contributed by atoms with van der Waals surface area (Å²) in [5, 5.41) is 4.13. The number of carbonyl (C=O) groups excluding carboxylic acids is 1. The van der Waals surface area contributed by atoms with Gasteiger partial charge in [0.15, 0.2) is 5.69 Å². The number of aromatic nitrogens is 2. The Balaban J connectivity index is 2.10. The fraction of sp³-hybridized carbons (Fsp3) is 0.556. The molecule has 1 aliphatic carbocycles. The Bertz CT molecular complexity index is 357. The van der Waals surface area contributed by atoms with E-state index in [2.05, 4.69) is 21.0 Å². The first-order valence-electron chi connectivity index (χ1n) is 4.69. The van der Waals surface area contributed by atoms with Gasteiger partial charge in [0.05, 0.1) is 4.47 Å². The Kier molecular flexibility index (Phi) is 2.58. The lowest BCUT2D eigenvalue weighted by atomic mass is 9.85. The number of primary amides is 1. The molecule has 0 aromatic carbocycles. The van der Waals surface area contributed by atoms with Gasteiger partial charge in [0.25, 0.3) is 5.91 Å². The van der Waals surface area contributed by atoms with E-state index in [4.69, 9.17) is 5.73 Å². The Labute approximate surface area is 90.6 Å². The fourth-order valence-corrected chi connectivity index (χ4v) is 2.11. The van der Waals surface area contributed by atoms with Gasteiger partial charge in [-0.2, -0.15) is 5.10 Å². The molecule has 2 N–H and O–H groups in total. The minimum atomic E-state index is -0.482. The summed E-state index contributed by atoms with van der Waals surface area (Å²) < 4.78 is 2.48. The third-order valence-electron chi connectivity index (χ3n) is 2.62. The minimum absolute atomic E-state index is 0.323. The molecular formula is C9H12BrN3O. The van der Waals surface area contributed by atoms with Gasteiger partial charge in [0.1, 0.15) is 0 Å². The van der Waals surface area contributed by atoms with Gasteiger partial charge >= 0.3 is 0 Å². The lowest BCUT2D eigenvalue weighted by Crippen LogP contribution is -2.19. The van der Waals surface area contributed by atoms with Crippen LogP contribution in [-0.2, 0) is 6.54 Å². The van der Waals surface area contributed by atoms with E-state index in [1.165, 1.54) is 19.3 Å². The Morgan fingerprint density at radius 2 is 2.43 bits per heavy atom. The first-order chi connectivity index (χ1) is 6.66. The number of nitrogens with zero attached hydrogens (tertiary/aromatic N) is 2. The van der Waals surface area contributed by atoms with Crippen LogP contribution in [0.3, 0.4) is 0 Å². The van der Waals surface area contributed by atoms with E-state index in [9.17, 15) is 4.79 Å². The Morgan fingerprint density at radius 3 is 2.86 bits per heavy atom. The number of amides is 1. The molecular weight excluding hydrogens is 246 g/mol.